The summed E-state index contributed by atoms with van der Waals surface area (Å²) in [6.07, 6.45) is 3.72. The van der Waals surface area contributed by atoms with Crippen molar-refractivity contribution in [1.29, 1.82) is 0 Å². The number of aryl methyl sites for hydroxylation is 1. The monoisotopic (exact) mass is 363 g/mol. The van der Waals surface area contributed by atoms with Crippen LogP contribution < -0.4 is 10.9 Å². The number of hydrogen-bond acceptors (Lipinski definition) is 5. The van der Waals surface area contributed by atoms with Gasteiger partial charge in [0.15, 0.2) is 0 Å². The van der Waals surface area contributed by atoms with E-state index in [1.165, 1.54) is 0 Å². The molecule has 0 saturated carbocycles. The van der Waals surface area contributed by atoms with Gasteiger partial charge in [0.1, 0.15) is 5.52 Å². The fourth-order valence-electron chi connectivity index (χ4n) is 3.23. The van der Waals surface area contributed by atoms with Crippen LogP contribution in [0.1, 0.15) is 12.0 Å². The van der Waals surface area contributed by atoms with E-state index >= 15 is 0 Å². The van der Waals surface area contributed by atoms with Crippen molar-refractivity contribution in [2.24, 2.45) is 0 Å². The summed E-state index contributed by atoms with van der Waals surface area (Å²) in [4.78, 5) is 37.7. The molecule has 3 aromatic heterocycles. The van der Waals surface area contributed by atoms with E-state index in [0.717, 1.165) is 27.6 Å². The van der Waals surface area contributed by atoms with Crippen LogP contribution in [0.3, 0.4) is 0 Å². The molecule has 0 spiro atoms. The summed E-state index contributed by atoms with van der Waals surface area (Å²) in [5.41, 5.74) is 3.33. The maximum Gasteiger partial charge on any atom is 0.303 e. The predicted octanol–water partition coefficient (Wildman–Crippen LogP) is 2.53. The number of nitrogens with one attached hydrogen (secondary N) is 3. The largest absolute Gasteiger partial charge is 0.481 e. The van der Waals surface area contributed by atoms with Gasteiger partial charge in [-0.25, -0.2) is 9.97 Å². The number of carbonyl (C=O) groups is 1. The third-order valence-corrected chi connectivity index (χ3v) is 4.51. The first-order chi connectivity index (χ1) is 13.1. The van der Waals surface area contributed by atoms with Gasteiger partial charge in [0.05, 0.1) is 5.69 Å². The molecular formula is C19H17N5O3. The van der Waals surface area contributed by atoms with Crippen LogP contribution in [0.25, 0.3) is 33.1 Å². The molecule has 3 heterocycles. The third kappa shape index (κ3) is 3.01. The summed E-state index contributed by atoms with van der Waals surface area (Å²) in [6, 6.07) is 7.48. The smallest absolute Gasteiger partial charge is 0.303 e. The third-order valence-electron chi connectivity index (χ3n) is 4.51. The number of anilines is 1. The molecule has 0 fully saturated rings. The standard InChI is InChI=1S/C19H17N5O3/c1-20-19-21-7-6-13(24-19)10-2-4-14-12(8-10)16-11(3-5-15(25)26)9-22-17(16)18(27)23-14/h2,4,6-9,22H,3,5H2,1H3,(H,23,27)(H,25,26)(H,20,21,24). The van der Waals surface area contributed by atoms with Crippen LogP contribution in [0.5, 0.6) is 0 Å². The molecule has 0 aliphatic rings. The molecule has 0 aliphatic carbocycles. The predicted molar refractivity (Wildman–Crippen MR) is 103 cm³/mol. The zero-order chi connectivity index (χ0) is 19.0. The highest BCUT2D eigenvalue weighted by Gasteiger charge is 2.14. The van der Waals surface area contributed by atoms with E-state index in [2.05, 4.69) is 25.3 Å². The number of nitrogens with zero attached hydrogens (tertiary/aromatic N) is 2. The Kier molecular flexibility index (Phi) is 4.08. The lowest BCUT2D eigenvalue weighted by atomic mass is 10.0. The number of carboxylic acids is 1. The van der Waals surface area contributed by atoms with Gasteiger partial charge in [-0.3, -0.25) is 9.59 Å². The van der Waals surface area contributed by atoms with Crippen molar-refractivity contribution < 1.29 is 9.90 Å². The Bertz CT molecular complexity index is 1230. The Morgan fingerprint density at radius 3 is 2.93 bits per heavy atom. The molecule has 8 heteroatoms. The number of aromatic nitrogens is 4. The second kappa shape index (κ2) is 6.56. The van der Waals surface area contributed by atoms with Crippen molar-refractivity contribution in [2.75, 3.05) is 12.4 Å². The number of H-pyrrole nitrogens is 2. The fraction of sp³-hybridized carbons (Fsp3) is 0.158. The van der Waals surface area contributed by atoms with Gasteiger partial charge in [-0.2, -0.15) is 0 Å². The Morgan fingerprint density at radius 1 is 1.30 bits per heavy atom. The van der Waals surface area contributed by atoms with Gasteiger partial charge >= 0.3 is 5.97 Å². The minimum atomic E-state index is -0.875. The molecule has 0 atom stereocenters. The van der Waals surface area contributed by atoms with Crippen LogP contribution in [-0.4, -0.2) is 38.1 Å². The number of hydrogen-bond donors (Lipinski definition) is 4. The highest BCUT2D eigenvalue weighted by molar-refractivity contribution is 6.07. The first-order valence-corrected chi connectivity index (χ1v) is 8.46. The van der Waals surface area contributed by atoms with Crippen LogP contribution in [-0.2, 0) is 11.2 Å². The fourth-order valence-corrected chi connectivity index (χ4v) is 3.23. The molecule has 8 nitrogen and oxygen atoms in total. The average molecular weight is 363 g/mol. The molecule has 0 radical (unpaired) electrons. The zero-order valence-corrected chi connectivity index (χ0v) is 14.5. The average Bonchev–Trinajstić information content (AvgIpc) is 3.11. The zero-order valence-electron chi connectivity index (χ0n) is 14.5. The molecule has 4 aromatic rings. The lowest BCUT2D eigenvalue weighted by Gasteiger charge is -2.07. The second-order valence-electron chi connectivity index (χ2n) is 6.19. The minimum Gasteiger partial charge on any atom is -0.481 e. The van der Waals surface area contributed by atoms with Crippen molar-refractivity contribution in [3.05, 3.63) is 52.6 Å². The van der Waals surface area contributed by atoms with Crippen LogP contribution >= 0.6 is 0 Å². The highest BCUT2D eigenvalue weighted by Crippen LogP contribution is 2.29. The normalized spacial score (nSPS) is 11.1. The van der Waals surface area contributed by atoms with E-state index < -0.39 is 5.97 Å². The Balaban J connectivity index is 1.94. The van der Waals surface area contributed by atoms with Gasteiger partial charge in [-0.15, -0.1) is 0 Å². The lowest BCUT2D eigenvalue weighted by Crippen LogP contribution is -2.06. The van der Waals surface area contributed by atoms with E-state index in [4.69, 9.17) is 5.11 Å². The minimum absolute atomic E-state index is 0.00161. The van der Waals surface area contributed by atoms with E-state index in [0.29, 0.717) is 23.4 Å². The quantitative estimate of drug-likeness (QED) is 0.432. The number of benzene rings is 1. The topological polar surface area (TPSA) is 124 Å². The van der Waals surface area contributed by atoms with E-state index in [-0.39, 0.29) is 12.0 Å². The van der Waals surface area contributed by atoms with Crippen molar-refractivity contribution in [2.45, 2.75) is 12.8 Å². The number of rotatable bonds is 5. The van der Waals surface area contributed by atoms with E-state index in [9.17, 15) is 9.59 Å². The summed E-state index contributed by atoms with van der Waals surface area (Å²) in [5.74, 6) is -0.359. The first kappa shape index (κ1) is 16.8. The van der Waals surface area contributed by atoms with Crippen LogP contribution in [0, 0.1) is 0 Å². The van der Waals surface area contributed by atoms with Crippen LogP contribution in [0.2, 0.25) is 0 Å². The Labute approximate surface area is 153 Å². The number of carboxylic acid groups (broad SMARTS) is 1. The Hall–Kier alpha value is -3.68. The molecule has 136 valence electrons. The maximum absolute atomic E-state index is 12.4. The summed E-state index contributed by atoms with van der Waals surface area (Å²) in [5, 5.41) is 13.5. The molecule has 0 aliphatic heterocycles. The maximum atomic E-state index is 12.4. The molecule has 0 amide bonds. The molecular weight excluding hydrogens is 346 g/mol. The summed E-state index contributed by atoms with van der Waals surface area (Å²) in [6.45, 7) is 0. The van der Waals surface area contributed by atoms with Gasteiger partial charge in [0, 0.05) is 47.7 Å². The molecule has 4 N–H and O–H groups in total. The highest BCUT2D eigenvalue weighted by atomic mass is 16.4. The van der Waals surface area contributed by atoms with Crippen molar-refractivity contribution in [1.82, 2.24) is 19.9 Å². The molecule has 27 heavy (non-hydrogen) atoms. The van der Waals surface area contributed by atoms with Crippen molar-refractivity contribution in [3.63, 3.8) is 0 Å². The number of pyridine rings is 1. The number of fused-ring (bicyclic) bond motifs is 3. The SMILES string of the molecule is CNc1nccc(-c2ccc3[nH]c(=O)c4[nH]cc(CCC(=O)O)c4c3c2)n1. The molecule has 1 aromatic carbocycles. The van der Waals surface area contributed by atoms with Gasteiger partial charge < -0.3 is 20.4 Å². The van der Waals surface area contributed by atoms with Crippen LogP contribution in [0.4, 0.5) is 5.95 Å². The van der Waals surface area contributed by atoms with Crippen molar-refractivity contribution in [3.8, 4) is 11.3 Å². The first-order valence-electron chi connectivity index (χ1n) is 8.46. The van der Waals surface area contributed by atoms with Crippen LogP contribution in [0.15, 0.2) is 41.5 Å². The van der Waals surface area contributed by atoms with Gasteiger partial charge in [-0.05, 0) is 30.2 Å². The molecule has 0 bridgehead atoms. The summed E-state index contributed by atoms with van der Waals surface area (Å²) in [7, 11) is 1.75. The molecule has 0 saturated heterocycles. The number of aliphatic carboxylic acids is 1. The Morgan fingerprint density at radius 2 is 2.15 bits per heavy atom. The summed E-state index contributed by atoms with van der Waals surface area (Å²) < 4.78 is 0. The van der Waals surface area contributed by atoms with E-state index in [1.54, 1.807) is 19.4 Å². The summed E-state index contributed by atoms with van der Waals surface area (Å²) >= 11 is 0. The van der Waals surface area contributed by atoms with Gasteiger partial charge in [0.2, 0.25) is 5.95 Å². The molecule has 0 unspecified atom stereocenters. The van der Waals surface area contributed by atoms with Crippen molar-refractivity contribution >= 4 is 33.7 Å². The number of aromatic amines is 2. The molecule has 4 rings (SSSR count). The lowest BCUT2D eigenvalue weighted by molar-refractivity contribution is -0.136. The van der Waals surface area contributed by atoms with Gasteiger partial charge in [0.25, 0.3) is 5.56 Å². The van der Waals surface area contributed by atoms with Gasteiger partial charge in [-0.1, -0.05) is 6.07 Å². The van der Waals surface area contributed by atoms with E-state index in [1.807, 2.05) is 24.3 Å². The second-order valence-corrected chi connectivity index (χ2v) is 6.19.